The smallest absolute Gasteiger partial charge is 0.100 e. The molecule has 0 fully saturated rings. The van der Waals surface area contributed by atoms with E-state index in [0.717, 1.165) is 73.2 Å². The van der Waals surface area contributed by atoms with Crippen molar-refractivity contribution in [3.8, 4) is 45.8 Å². The molecule has 1 aliphatic rings. The van der Waals surface area contributed by atoms with Crippen molar-refractivity contribution in [3.05, 3.63) is 174 Å². The standard InChI is InChI=1S/C45H28N4/c46-28-30-24-25-45-39(26-30)38-14-2-1-3-20-44(38)49(45)43-23-9-4-15-35(43)34-19-11-18-33(40(34)29-47)31-12-10-13-32(27-31)48-41-21-7-5-16-36(41)37-17-6-8-22-42(37)48/h1-19,21-27H,20H2. The van der Waals surface area contributed by atoms with Crippen molar-refractivity contribution in [1.29, 1.82) is 10.5 Å². The Kier molecular flexibility index (Phi) is 6.61. The van der Waals surface area contributed by atoms with Gasteiger partial charge in [-0.05, 0) is 54.1 Å². The number of rotatable bonds is 4. The molecule has 1 aliphatic carbocycles. The summed E-state index contributed by atoms with van der Waals surface area (Å²) >= 11 is 0. The molecule has 0 unspecified atom stereocenters. The molecule has 228 valence electrons. The Bertz CT molecular complexity index is 2720. The largest absolute Gasteiger partial charge is 0.312 e. The molecular weight excluding hydrogens is 597 g/mol. The van der Waals surface area contributed by atoms with Gasteiger partial charge in [0.1, 0.15) is 6.07 Å². The van der Waals surface area contributed by atoms with E-state index < -0.39 is 0 Å². The molecule has 0 saturated heterocycles. The van der Waals surface area contributed by atoms with E-state index in [-0.39, 0.29) is 0 Å². The number of hydrogen-bond acceptors (Lipinski definition) is 2. The Morgan fingerprint density at radius 3 is 2.02 bits per heavy atom. The third-order valence-electron chi connectivity index (χ3n) is 9.67. The van der Waals surface area contributed by atoms with Crippen molar-refractivity contribution >= 4 is 38.8 Å². The summed E-state index contributed by atoms with van der Waals surface area (Å²) in [5, 5.41) is 24.0. The number of allylic oxidation sites excluding steroid dienone is 3. The van der Waals surface area contributed by atoms with Crippen LogP contribution in [-0.2, 0) is 6.42 Å². The van der Waals surface area contributed by atoms with Crippen LogP contribution in [0.4, 0.5) is 0 Å². The molecule has 0 spiro atoms. The molecule has 4 heteroatoms. The van der Waals surface area contributed by atoms with Crippen molar-refractivity contribution in [2.75, 3.05) is 0 Å². The van der Waals surface area contributed by atoms with Crippen LogP contribution in [-0.4, -0.2) is 9.13 Å². The monoisotopic (exact) mass is 624 g/mol. The summed E-state index contributed by atoms with van der Waals surface area (Å²) in [5.74, 6) is 0. The van der Waals surface area contributed by atoms with Gasteiger partial charge in [-0.15, -0.1) is 0 Å². The zero-order chi connectivity index (χ0) is 32.9. The molecule has 49 heavy (non-hydrogen) atoms. The van der Waals surface area contributed by atoms with Crippen LogP contribution in [0.5, 0.6) is 0 Å². The predicted octanol–water partition coefficient (Wildman–Crippen LogP) is 10.9. The molecule has 6 aromatic carbocycles. The fourth-order valence-electron chi connectivity index (χ4n) is 7.56. The quantitative estimate of drug-likeness (QED) is 0.196. The summed E-state index contributed by atoms with van der Waals surface area (Å²) in [6.45, 7) is 0. The maximum atomic E-state index is 10.8. The molecular formula is C45H28N4. The summed E-state index contributed by atoms with van der Waals surface area (Å²) in [7, 11) is 0. The Balaban J connectivity index is 1.24. The minimum absolute atomic E-state index is 0.628. The number of aromatic nitrogens is 2. The molecule has 0 aliphatic heterocycles. The number of para-hydroxylation sites is 3. The van der Waals surface area contributed by atoms with Gasteiger partial charge in [-0.1, -0.05) is 109 Å². The summed E-state index contributed by atoms with van der Waals surface area (Å²) in [6.07, 6.45) is 9.17. The first kappa shape index (κ1) is 28.4. The van der Waals surface area contributed by atoms with Crippen LogP contribution >= 0.6 is 0 Å². The molecule has 8 aromatic rings. The maximum Gasteiger partial charge on any atom is 0.100 e. The van der Waals surface area contributed by atoms with E-state index in [4.69, 9.17) is 0 Å². The number of hydrogen-bond donors (Lipinski definition) is 0. The second-order valence-electron chi connectivity index (χ2n) is 12.3. The Morgan fingerprint density at radius 1 is 0.531 bits per heavy atom. The van der Waals surface area contributed by atoms with Gasteiger partial charge in [-0.25, -0.2) is 0 Å². The van der Waals surface area contributed by atoms with Crippen molar-refractivity contribution in [1.82, 2.24) is 9.13 Å². The van der Waals surface area contributed by atoms with Gasteiger partial charge < -0.3 is 9.13 Å². The number of nitriles is 2. The van der Waals surface area contributed by atoms with Crippen LogP contribution in [0.25, 0.3) is 72.4 Å². The van der Waals surface area contributed by atoms with E-state index >= 15 is 0 Å². The van der Waals surface area contributed by atoms with Crippen LogP contribution in [0.3, 0.4) is 0 Å². The van der Waals surface area contributed by atoms with Crippen molar-refractivity contribution in [3.63, 3.8) is 0 Å². The van der Waals surface area contributed by atoms with Crippen LogP contribution in [0.1, 0.15) is 22.4 Å². The van der Waals surface area contributed by atoms with Gasteiger partial charge in [0, 0.05) is 56.2 Å². The predicted molar refractivity (Wildman–Crippen MR) is 200 cm³/mol. The van der Waals surface area contributed by atoms with Gasteiger partial charge in [0.15, 0.2) is 0 Å². The van der Waals surface area contributed by atoms with Crippen LogP contribution in [0.15, 0.2) is 152 Å². The van der Waals surface area contributed by atoms with Gasteiger partial charge in [0.25, 0.3) is 0 Å². The molecule has 0 bridgehead atoms. The molecule has 0 atom stereocenters. The molecule has 0 radical (unpaired) electrons. The lowest BCUT2D eigenvalue weighted by molar-refractivity contribution is 1.00. The Morgan fingerprint density at radius 2 is 1.22 bits per heavy atom. The fraction of sp³-hybridized carbons (Fsp3) is 0.0222. The average molecular weight is 625 g/mol. The normalized spacial score (nSPS) is 12.2. The topological polar surface area (TPSA) is 57.4 Å². The van der Waals surface area contributed by atoms with Crippen molar-refractivity contribution in [2.24, 2.45) is 0 Å². The highest BCUT2D eigenvalue weighted by molar-refractivity contribution is 6.09. The summed E-state index contributed by atoms with van der Waals surface area (Å²) in [5.41, 5.74) is 12.6. The molecule has 4 nitrogen and oxygen atoms in total. The molecule has 9 rings (SSSR count). The van der Waals surface area contributed by atoms with Crippen molar-refractivity contribution < 1.29 is 0 Å². The molecule has 2 heterocycles. The minimum Gasteiger partial charge on any atom is -0.312 e. The fourth-order valence-corrected chi connectivity index (χ4v) is 7.56. The van der Waals surface area contributed by atoms with E-state index in [1.165, 1.54) is 10.8 Å². The summed E-state index contributed by atoms with van der Waals surface area (Å²) in [4.78, 5) is 0. The second-order valence-corrected chi connectivity index (χ2v) is 12.3. The number of benzene rings is 6. The lowest BCUT2D eigenvalue weighted by atomic mass is 9.91. The van der Waals surface area contributed by atoms with Crippen LogP contribution in [0, 0.1) is 22.7 Å². The minimum atomic E-state index is 0.628. The molecule has 0 saturated carbocycles. The first-order valence-electron chi connectivity index (χ1n) is 16.4. The zero-order valence-corrected chi connectivity index (χ0v) is 26.5. The van der Waals surface area contributed by atoms with E-state index in [0.29, 0.717) is 11.1 Å². The molecule has 0 N–H and O–H groups in total. The lowest BCUT2D eigenvalue weighted by Gasteiger charge is -2.18. The van der Waals surface area contributed by atoms with Crippen LogP contribution < -0.4 is 0 Å². The maximum absolute atomic E-state index is 10.8. The first-order chi connectivity index (χ1) is 24.2. The van der Waals surface area contributed by atoms with E-state index in [1.807, 2.05) is 42.5 Å². The highest BCUT2D eigenvalue weighted by Gasteiger charge is 2.22. The van der Waals surface area contributed by atoms with Gasteiger partial charge in [0.2, 0.25) is 0 Å². The van der Waals surface area contributed by atoms with Gasteiger partial charge in [-0.2, -0.15) is 10.5 Å². The third kappa shape index (κ3) is 4.43. The molecule has 2 aromatic heterocycles. The molecule has 0 amide bonds. The lowest BCUT2D eigenvalue weighted by Crippen LogP contribution is -2.03. The Labute approximate surface area is 283 Å². The Hall–Kier alpha value is -6.88. The SMILES string of the molecule is N#Cc1ccc2c(c1)c1c(n2-c2ccccc2-c2cccc(-c3cccc(-n4c5ccccc5c5ccccc54)c3)c2C#N)CC=CC=C1. The summed E-state index contributed by atoms with van der Waals surface area (Å²) < 4.78 is 4.61. The van der Waals surface area contributed by atoms with Gasteiger partial charge in [0.05, 0.1) is 39.4 Å². The number of nitrogens with zero attached hydrogens (tertiary/aromatic N) is 4. The van der Waals surface area contributed by atoms with E-state index in [9.17, 15) is 10.5 Å². The first-order valence-corrected chi connectivity index (χ1v) is 16.4. The number of fused-ring (bicyclic) bond motifs is 6. The third-order valence-corrected chi connectivity index (χ3v) is 9.67. The van der Waals surface area contributed by atoms with Gasteiger partial charge >= 0.3 is 0 Å². The van der Waals surface area contributed by atoms with E-state index in [1.54, 1.807) is 0 Å². The summed E-state index contributed by atoms with van der Waals surface area (Å²) in [6, 6.07) is 50.8. The highest BCUT2D eigenvalue weighted by Crippen LogP contribution is 2.40. The second kappa shape index (κ2) is 11.4. The van der Waals surface area contributed by atoms with Gasteiger partial charge in [-0.3, -0.25) is 0 Å². The van der Waals surface area contributed by atoms with Crippen molar-refractivity contribution in [2.45, 2.75) is 6.42 Å². The zero-order valence-electron chi connectivity index (χ0n) is 26.5. The van der Waals surface area contributed by atoms with Crippen LogP contribution in [0.2, 0.25) is 0 Å². The highest BCUT2D eigenvalue weighted by atomic mass is 15.0. The average Bonchev–Trinajstić information content (AvgIpc) is 3.54. The van der Waals surface area contributed by atoms with E-state index in [2.05, 4.69) is 137 Å².